The number of carbonyl (C=O) groups excluding carboxylic acids is 3. The van der Waals surface area contributed by atoms with Gasteiger partial charge in [-0.3, -0.25) is 14.1 Å². The highest BCUT2D eigenvalue weighted by molar-refractivity contribution is 5.83. The molecule has 0 spiro atoms. The van der Waals surface area contributed by atoms with Gasteiger partial charge in [-0.1, -0.05) is 0 Å². The maximum Gasteiger partial charge on any atom is 0.343 e. The molecule has 0 aliphatic rings. The van der Waals surface area contributed by atoms with Crippen LogP contribution in [0.2, 0.25) is 0 Å². The Morgan fingerprint density at radius 3 is 1.96 bits per heavy atom. The first kappa shape index (κ1) is 14.0. The van der Waals surface area contributed by atoms with Crippen LogP contribution in [0.15, 0.2) is 18.2 Å². The van der Waals surface area contributed by atoms with Crippen LogP contribution in [0.1, 0.15) is 12.3 Å². The minimum absolute atomic E-state index is 0. The fourth-order valence-electron chi connectivity index (χ4n) is 1.95. The molecule has 0 heterocycles. The van der Waals surface area contributed by atoms with Crippen molar-refractivity contribution in [3.05, 3.63) is 18.2 Å². The van der Waals surface area contributed by atoms with Crippen LogP contribution in [0, 0.1) is 0 Å². The molecule has 0 fully saturated rings. The number of methoxy groups -OCH3 is 3. The summed E-state index contributed by atoms with van der Waals surface area (Å²) < 4.78 is 87.5. The third-order valence-electron chi connectivity index (χ3n) is 3.34. The Balaban J connectivity index is 0.0000130. The van der Waals surface area contributed by atoms with Crippen molar-refractivity contribution >= 4 is 29.3 Å². The van der Waals surface area contributed by atoms with Gasteiger partial charge >= 0.3 is 17.9 Å². The number of halogens is 1. The smallest absolute Gasteiger partial charge is 0.343 e. The summed E-state index contributed by atoms with van der Waals surface area (Å²) in [7, 11) is 3.24. The molecule has 10 heteroatoms. The molecule has 0 bridgehead atoms. The minimum Gasteiger partial charge on any atom is -1.00 e. The first-order valence-corrected chi connectivity index (χ1v) is 7.49. The van der Waals surface area contributed by atoms with Gasteiger partial charge in [-0.25, -0.2) is 4.79 Å². The number of hydrogen-bond donors (Lipinski definition) is 0. The molecule has 0 radical (unpaired) electrons. The Kier molecular flexibility index (Phi) is 5.84. The zero-order chi connectivity index (χ0) is 28.1. The fourth-order valence-corrected chi connectivity index (χ4v) is 1.95. The maximum atomic E-state index is 12.0. The second-order valence-corrected chi connectivity index (χ2v) is 5.20. The fraction of sp³-hybridized carbons (Fsp3) is 0.500. The molecule has 0 aliphatic heterocycles. The van der Waals surface area contributed by atoms with Crippen LogP contribution in [0.4, 0.5) is 11.4 Å². The Morgan fingerprint density at radius 2 is 1.50 bits per heavy atom. The number of hydrogen-bond acceptors (Lipinski definition) is 8. The average Bonchev–Trinajstić information content (AvgIpc) is 2.74. The third-order valence-corrected chi connectivity index (χ3v) is 3.34. The number of benzene rings is 1. The molecule has 28 heavy (non-hydrogen) atoms. The van der Waals surface area contributed by atoms with Gasteiger partial charge in [0.1, 0.15) is 24.5 Å². The zero-order valence-electron chi connectivity index (χ0n) is 24.5. The van der Waals surface area contributed by atoms with E-state index in [0.717, 1.165) is 44.4 Å². The van der Waals surface area contributed by atoms with Crippen LogP contribution in [0.3, 0.4) is 0 Å². The summed E-state index contributed by atoms with van der Waals surface area (Å²) in [4.78, 5) is 36.7. The zero-order valence-corrected chi connectivity index (χ0v) is 17.6. The van der Waals surface area contributed by atoms with Crippen molar-refractivity contribution in [2.75, 3.05) is 66.9 Å². The van der Waals surface area contributed by atoms with Gasteiger partial charge < -0.3 is 47.8 Å². The quantitative estimate of drug-likeness (QED) is 0.117. The van der Waals surface area contributed by atoms with Crippen molar-refractivity contribution in [2.45, 2.75) is 0 Å². The van der Waals surface area contributed by atoms with Gasteiger partial charge in [-0.2, -0.15) is 0 Å². The monoisotopic (exact) mass is 520 g/mol. The lowest BCUT2D eigenvalue weighted by Crippen LogP contribution is -3.00. The van der Waals surface area contributed by atoms with Gasteiger partial charge in [0.05, 0.1) is 60.3 Å². The second kappa shape index (κ2) is 11.7. The lowest BCUT2D eigenvalue weighted by Gasteiger charge is -2.28. The van der Waals surface area contributed by atoms with Gasteiger partial charge in [0.2, 0.25) is 0 Å². The molecule has 158 valence electrons. The molecule has 0 aromatic heterocycles. The summed E-state index contributed by atoms with van der Waals surface area (Å²) >= 11 is 0. The van der Waals surface area contributed by atoms with E-state index in [4.69, 9.17) is 17.1 Å². The van der Waals surface area contributed by atoms with E-state index < -0.39 is 74.5 Å². The molecule has 0 saturated carbocycles. The lowest BCUT2D eigenvalue weighted by molar-refractivity contribution is -0.143. The average molecular weight is 520 g/mol. The van der Waals surface area contributed by atoms with Crippen molar-refractivity contribution < 1.29 is 69.6 Å². The molecule has 0 unspecified atom stereocenters. The van der Waals surface area contributed by atoms with Crippen molar-refractivity contribution in [2.24, 2.45) is 0 Å². The first-order valence-electron chi connectivity index (χ1n) is 12.0. The van der Waals surface area contributed by atoms with Crippen molar-refractivity contribution in [1.82, 2.24) is 4.48 Å². The predicted octanol–water partition coefficient (Wildman–Crippen LogP) is -2.41. The van der Waals surface area contributed by atoms with Crippen molar-refractivity contribution in [1.29, 1.82) is 0 Å². The van der Waals surface area contributed by atoms with E-state index in [1.807, 2.05) is 0 Å². The highest BCUT2D eigenvalue weighted by Crippen LogP contribution is 2.34. The summed E-state index contributed by atoms with van der Waals surface area (Å²) in [6.45, 7) is -12.7. The molecule has 0 aliphatic carbocycles. The standard InChI is InChI=1S/C18H27N2O7.HI/c1-20(2,3)13-7-8-14(15(9-13)27-12-18(23)26-6)19(10-16(21)24-4)11-17(22)25-5;/h7-9H,10-12H2,1-6H3;1H/q+1;/p-1/i1D3,2D3,3D3,20+1;. The number of carbonyl (C=O) groups is 3. The van der Waals surface area contributed by atoms with E-state index in [-0.39, 0.29) is 29.7 Å². The van der Waals surface area contributed by atoms with Crippen LogP contribution in [-0.4, -0.2) is 79.9 Å². The largest absolute Gasteiger partial charge is 1.00 e. The summed E-state index contributed by atoms with van der Waals surface area (Å²) in [5.74, 6) is -2.91. The normalized spacial score (nSPS) is 16.5. The van der Waals surface area contributed by atoms with Crippen LogP contribution >= 0.6 is 0 Å². The molecular weight excluding hydrogens is 484 g/mol. The molecule has 0 amide bonds. The SMILES string of the molecule is [2H]C([2H])([2H])[15N+](c1ccc(N(CC(=O)OC)CC(=O)OC)c(OCC(=O)OC)c1)(C([2H])([2H])[2H])C([2H])([2H])[2H].[I-]. The Labute approximate surface area is 194 Å². The van der Waals surface area contributed by atoms with Crippen LogP contribution < -0.4 is 38.1 Å². The Bertz CT molecular complexity index is 914. The van der Waals surface area contributed by atoms with E-state index in [1.165, 1.54) is 0 Å². The number of rotatable bonds is 9. The summed E-state index contributed by atoms with van der Waals surface area (Å²) in [5, 5.41) is 0. The molecule has 1 aromatic carbocycles. The summed E-state index contributed by atoms with van der Waals surface area (Å²) in [6.07, 6.45) is 0. The van der Waals surface area contributed by atoms with Gasteiger partial charge in [-0.05, 0) is 6.07 Å². The first-order chi connectivity index (χ1) is 16.4. The summed E-state index contributed by atoms with van der Waals surface area (Å²) in [5.41, 5.74) is -0.826. The predicted molar refractivity (Wildman–Crippen MR) is 99.8 cm³/mol. The number of quaternary nitrogens is 1. The molecule has 0 atom stereocenters. The van der Waals surface area contributed by atoms with E-state index in [9.17, 15) is 14.4 Å². The number of nitrogens with zero attached hydrogens (tertiary/aromatic N) is 2. The van der Waals surface area contributed by atoms with Crippen molar-refractivity contribution in [3.63, 3.8) is 0 Å². The molecule has 0 N–H and O–H groups in total. The van der Waals surface area contributed by atoms with Crippen LogP contribution in [-0.2, 0) is 28.6 Å². The van der Waals surface area contributed by atoms with Gasteiger partial charge in [-0.15, -0.1) is 0 Å². The summed E-state index contributed by atoms with van der Waals surface area (Å²) in [6, 6.07) is 2.78. The molecule has 9 nitrogen and oxygen atoms in total. The van der Waals surface area contributed by atoms with Crippen LogP contribution in [0.25, 0.3) is 0 Å². The number of ether oxygens (including phenoxy) is 4. The van der Waals surface area contributed by atoms with Crippen LogP contribution in [0.5, 0.6) is 5.75 Å². The van der Waals surface area contributed by atoms with Crippen molar-refractivity contribution in [3.8, 4) is 5.75 Å². The number of esters is 3. The highest BCUT2D eigenvalue weighted by atomic mass is 127. The van der Waals surface area contributed by atoms with E-state index >= 15 is 0 Å². The van der Waals surface area contributed by atoms with Gasteiger partial charge in [0, 0.05) is 12.1 Å². The van der Waals surface area contributed by atoms with E-state index in [2.05, 4.69) is 14.2 Å². The van der Waals surface area contributed by atoms with Gasteiger partial charge in [0.25, 0.3) is 0 Å². The lowest BCUT2D eigenvalue weighted by atomic mass is 10.2. The Morgan fingerprint density at radius 1 is 0.964 bits per heavy atom. The molecule has 1 rings (SSSR count). The van der Waals surface area contributed by atoms with Gasteiger partial charge in [0.15, 0.2) is 6.61 Å². The minimum atomic E-state index is -3.62. The van der Waals surface area contributed by atoms with E-state index in [1.54, 1.807) is 0 Å². The molecular formula is C18H27IN2O7. The maximum absolute atomic E-state index is 12.0. The Hall–Kier alpha value is -2.08. The molecule has 0 saturated heterocycles. The number of anilines is 1. The third kappa shape index (κ3) is 7.89. The molecule has 1 aromatic rings. The van der Waals surface area contributed by atoms with E-state index in [0.29, 0.717) is 0 Å². The highest BCUT2D eigenvalue weighted by Gasteiger charge is 2.23. The topological polar surface area (TPSA) is 91.4 Å². The second-order valence-electron chi connectivity index (χ2n) is 5.20.